The Bertz CT molecular complexity index is 563. The molecule has 114 valence electrons. The van der Waals surface area contributed by atoms with Gasteiger partial charge >= 0.3 is 18.0 Å². The van der Waals surface area contributed by atoms with E-state index < -0.39 is 30.4 Å². The smallest absolute Gasteiger partial charge is 0.326 e. The zero-order chi connectivity index (χ0) is 16.0. The molecule has 0 aromatic heterocycles. The van der Waals surface area contributed by atoms with Crippen molar-refractivity contribution in [3.8, 4) is 5.75 Å². The summed E-state index contributed by atoms with van der Waals surface area (Å²) in [6, 6.07) is 2.03. The molecule has 8 nitrogen and oxygen atoms in total. The van der Waals surface area contributed by atoms with E-state index >= 15 is 0 Å². The number of benzene rings is 1. The highest BCUT2D eigenvalue weighted by molar-refractivity contribution is 6.32. The van der Waals surface area contributed by atoms with Crippen molar-refractivity contribution in [2.24, 2.45) is 0 Å². The number of hydrogen-bond donors (Lipinski definition) is 4. The van der Waals surface area contributed by atoms with Crippen LogP contribution >= 0.6 is 11.6 Å². The molecule has 0 aliphatic rings. The Morgan fingerprint density at radius 2 is 2.00 bits per heavy atom. The molecule has 0 spiro atoms. The van der Waals surface area contributed by atoms with Gasteiger partial charge in [-0.25, -0.2) is 9.59 Å². The van der Waals surface area contributed by atoms with Gasteiger partial charge in [0.2, 0.25) is 0 Å². The third-order valence-electron chi connectivity index (χ3n) is 2.39. The van der Waals surface area contributed by atoms with Crippen LogP contribution in [0.25, 0.3) is 0 Å². The summed E-state index contributed by atoms with van der Waals surface area (Å²) in [6.07, 6.45) is -0.729. The molecule has 0 saturated carbocycles. The highest BCUT2D eigenvalue weighted by atomic mass is 35.5. The van der Waals surface area contributed by atoms with Crippen molar-refractivity contribution in [1.82, 2.24) is 5.32 Å². The molecule has 0 saturated heterocycles. The summed E-state index contributed by atoms with van der Waals surface area (Å²) in [6.45, 7) is 0. The van der Waals surface area contributed by atoms with Crippen LogP contribution in [0.4, 0.5) is 10.5 Å². The summed E-state index contributed by atoms with van der Waals surface area (Å²) < 4.78 is 4.96. The minimum Gasteiger partial charge on any atom is -0.495 e. The predicted molar refractivity (Wildman–Crippen MR) is 73.8 cm³/mol. The van der Waals surface area contributed by atoms with E-state index in [1.807, 2.05) is 5.32 Å². The fraction of sp³-hybridized carbons (Fsp3) is 0.250. The lowest BCUT2D eigenvalue weighted by molar-refractivity contribution is -0.145. The Kier molecular flexibility index (Phi) is 5.79. The maximum atomic E-state index is 11.6. The van der Waals surface area contributed by atoms with Crippen molar-refractivity contribution in [2.75, 3.05) is 12.4 Å². The maximum absolute atomic E-state index is 11.6. The number of rotatable bonds is 6. The average molecular weight is 317 g/mol. The van der Waals surface area contributed by atoms with Crippen molar-refractivity contribution in [1.29, 1.82) is 0 Å². The van der Waals surface area contributed by atoms with Crippen molar-refractivity contribution in [3.05, 3.63) is 23.2 Å². The first kappa shape index (κ1) is 16.6. The van der Waals surface area contributed by atoms with Crippen LogP contribution in [0.3, 0.4) is 0 Å². The van der Waals surface area contributed by atoms with Gasteiger partial charge in [0.1, 0.15) is 11.8 Å². The number of halogens is 1. The van der Waals surface area contributed by atoms with Gasteiger partial charge in [0.25, 0.3) is 0 Å². The Morgan fingerprint density at radius 1 is 1.33 bits per heavy atom. The van der Waals surface area contributed by atoms with Crippen molar-refractivity contribution >= 4 is 35.3 Å². The van der Waals surface area contributed by atoms with Crippen LogP contribution in [-0.4, -0.2) is 41.3 Å². The van der Waals surface area contributed by atoms with E-state index in [2.05, 4.69) is 5.32 Å². The normalized spacial score (nSPS) is 11.3. The molecule has 0 aliphatic heterocycles. The molecule has 1 rings (SSSR count). The number of carboxylic acid groups (broad SMARTS) is 2. The molecule has 4 N–H and O–H groups in total. The topological polar surface area (TPSA) is 125 Å². The Hall–Kier alpha value is -2.48. The number of anilines is 1. The van der Waals surface area contributed by atoms with Crippen LogP contribution in [0.2, 0.25) is 5.02 Å². The largest absolute Gasteiger partial charge is 0.495 e. The average Bonchev–Trinajstić information content (AvgIpc) is 2.39. The molecular weight excluding hydrogens is 304 g/mol. The highest BCUT2D eigenvalue weighted by Gasteiger charge is 2.23. The molecule has 2 amide bonds. The van der Waals surface area contributed by atoms with Gasteiger partial charge < -0.3 is 25.6 Å². The maximum Gasteiger partial charge on any atom is 0.326 e. The van der Waals surface area contributed by atoms with Gasteiger partial charge in [0.05, 0.1) is 18.6 Å². The van der Waals surface area contributed by atoms with E-state index in [-0.39, 0.29) is 0 Å². The summed E-state index contributed by atoms with van der Waals surface area (Å²) in [4.78, 5) is 33.0. The summed E-state index contributed by atoms with van der Waals surface area (Å²) in [5.41, 5.74) is 0.313. The summed E-state index contributed by atoms with van der Waals surface area (Å²) >= 11 is 5.82. The molecule has 9 heteroatoms. The van der Waals surface area contributed by atoms with E-state index in [0.29, 0.717) is 16.5 Å². The second kappa shape index (κ2) is 7.34. The van der Waals surface area contributed by atoms with Crippen molar-refractivity contribution in [2.45, 2.75) is 12.5 Å². The van der Waals surface area contributed by atoms with Crippen LogP contribution in [0, 0.1) is 0 Å². The first-order valence-corrected chi connectivity index (χ1v) is 6.07. The zero-order valence-corrected chi connectivity index (χ0v) is 11.7. The van der Waals surface area contributed by atoms with Gasteiger partial charge in [-0.2, -0.15) is 0 Å². The monoisotopic (exact) mass is 316 g/mol. The molecule has 1 aromatic rings. The number of hydrogen-bond acceptors (Lipinski definition) is 4. The third-order valence-corrected chi connectivity index (χ3v) is 2.70. The third kappa shape index (κ3) is 5.19. The van der Waals surface area contributed by atoms with Crippen LogP contribution in [-0.2, 0) is 9.59 Å². The quantitative estimate of drug-likeness (QED) is 0.628. The first-order valence-electron chi connectivity index (χ1n) is 5.69. The van der Waals surface area contributed by atoms with E-state index in [1.165, 1.54) is 25.3 Å². The van der Waals surface area contributed by atoms with Gasteiger partial charge in [-0.05, 0) is 12.1 Å². The molecule has 1 unspecified atom stereocenters. The summed E-state index contributed by atoms with van der Waals surface area (Å²) in [5.74, 6) is -2.45. The zero-order valence-electron chi connectivity index (χ0n) is 10.9. The number of nitrogens with one attached hydrogen (secondary N) is 2. The second-order valence-electron chi connectivity index (χ2n) is 3.94. The van der Waals surface area contributed by atoms with E-state index in [4.69, 9.17) is 26.6 Å². The fourth-order valence-corrected chi connectivity index (χ4v) is 1.63. The molecule has 0 bridgehead atoms. The molecule has 0 heterocycles. The van der Waals surface area contributed by atoms with Crippen molar-refractivity contribution < 1.29 is 29.3 Å². The standard InChI is InChI=1S/C12H13ClN2O6/c1-21-9-4-6(2-3-7(9)13)14-12(20)15-8(11(18)19)5-10(16)17/h2-4,8H,5H2,1H3,(H,16,17)(H,18,19)(H2,14,15,20). The lowest BCUT2D eigenvalue weighted by Gasteiger charge is -2.14. The molecule has 0 fully saturated rings. The van der Waals surface area contributed by atoms with Gasteiger partial charge in [-0.15, -0.1) is 0 Å². The minimum absolute atomic E-state index is 0.313. The first-order chi connectivity index (χ1) is 9.83. The van der Waals surface area contributed by atoms with Crippen LogP contribution in [0.15, 0.2) is 18.2 Å². The number of carbonyl (C=O) groups is 3. The van der Waals surface area contributed by atoms with E-state index in [9.17, 15) is 14.4 Å². The number of amides is 2. The van der Waals surface area contributed by atoms with Gasteiger partial charge in [0, 0.05) is 11.8 Å². The summed E-state index contributed by atoms with van der Waals surface area (Å²) in [5, 5.41) is 22.1. The number of carboxylic acids is 2. The highest BCUT2D eigenvalue weighted by Crippen LogP contribution is 2.27. The SMILES string of the molecule is COc1cc(NC(=O)NC(CC(=O)O)C(=O)O)ccc1Cl. The van der Waals surface area contributed by atoms with Gasteiger partial charge in [-0.3, -0.25) is 4.79 Å². The van der Waals surface area contributed by atoms with Crippen molar-refractivity contribution in [3.63, 3.8) is 0 Å². The second-order valence-corrected chi connectivity index (χ2v) is 4.34. The Labute approximate surface area is 124 Å². The molecular formula is C12H13ClN2O6. The molecule has 0 radical (unpaired) electrons. The Balaban J connectivity index is 2.72. The van der Waals surface area contributed by atoms with E-state index in [0.717, 1.165) is 0 Å². The van der Waals surface area contributed by atoms with Gasteiger partial charge in [-0.1, -0.05) is 11.6 Å². The fourth-order valence-electron chi connectivity index (χ4n) is 1.44. The lowest BCUT2D eigenvalue weighted by atomic mass is 10.2. The predicted octanol–water partition coefficient (Wildman–Crippen LogP) is 1.40. The van der Waals surface area contributed by atoms with Crippen LogP contribution < -0.4 is 15.4 Å². The number of carbonyl (C=O) groups excluding carboxylic acids is 1. The summed E-state index contributed by atoms with van der Waals surface area (Å²) in [7, 11) is 1.40. The number of ether oxygens (including phenoxy) is 1. The molecule has 21 heavy (non-hydrogen) atoms. The lowest BCUT2D eigenvalue weighted by Crippen LogP contribution is -2.44. The number of aliphatic carboxylic acids is 2. The molecule has 1 aromatic carbocycles. The minimum atomic E-state index is -1.53. The van der Waals surface area contributed by atoms with E-state index in [1.54, 1.807) is 0 Å². The van der Waals surface area contributed by atoms with Crippen LogP contribution in [0.1, 0.15) is 6.42 Å². The van der Waals surface area contributed by atoms with Gasteiger partial charge in [0.15, 0.2) is 0 Å². The molecule has 1 atom stereocenters. The molecule has 0 aliphatic carbocycles. The Morgan fingerprint density at radius 3 is 2.52 bits per heavy atom. The number of methoxy groups -OCH3 is 1. The number of urea groups is 1. The van der Waals surface area contributed by atoms with Crippen LogP contribution in [0.5, 0.6) is 5.75 Å².